The molecule has 5 heteroatoms. The van der Waals surface area contributed by atoms with E-state index in [1.165, 1.54) is 11.3 Å². The number of anilines is 1. The molecule has 0 saturated carbocycles. The van der Waals surface area contributed by atoms with Gasteiger partial charge in [-0.15, -0.1) is 11.3 Å². The zero-order valence-electron chi connectivity index (χ0n) is 13.3. The smallest absolute Gasteiger partial charge is 0.262 e. The number of hydrogen-bond donors (Lipinski definition) is 2. The van der Waals surface area contributed by atoms with E-state index >= 15 is 0 Å². The highest BCUT2D eigenvalue weighted by molar-refractivity contribution is 7.18. The quantitative estimate of drug-likeness (QED) is 0.876. The van der Waals surface area contributed by atoms with E-state index in [0.717, 1.165) is 5.56 Å². The molecule has 112 valence electrons. The van der Waals surface area contributed by atoms with Gasteiger partial charge >= 0.3 is 0 Å². The van der Waals surface area contributed by atoms with E-state index < -0.39 is 5.41 Å². The van der Waals surface area contributed by atoms with Gasteiger partial charge in [-0.3, -0.25) is 9.59 Å². The van der Waals surface area contributed by atoms with Crippen molar-refractivity contribution in [1.82, 2.24) is 5.32 Å². The van der Waals surface area contributed by atoms with Crippen molar-refractivity contribution in [3.05, 3.63) is 16.5 Å². The van der Waals surface area contributed by atoms with E-state index in [4.69, 9.17) is 0 Å². The maximum absolute atomic E-state index is 12.2. The Bertz CT molecular complexity index is 519. The van der Waals surface area contributed by atoms with Gasteiger partial charge in [0.05, 0.1) is 9.88 Å². The summed E-state index contributed by atoms with van der Waals surface area (Å²) >= 11 is 1.31. The molecule has 2 N–H and O–H groups in total. The predicted octanol–water partition coefficient (Wildman–Crippen LogP) is 3.57. The van der Waals surface area contributed by atoms with Crippen molar-refractivity contribution in [3.8, 4) is 0 Å². The second kappa shape index (κ2) is 5.56. The molecule has 0 aromatic carbocycles. The molecule has 1 rings (SSSR count). The van der Waals surface area contributed by atoms with Gasteiger partial charge in [-0.1, -0.05) is 20.8 Å². The second-order valence-corrected chi connectivity index (χ2v) is 8.08. The molecule has 0 saturated heterocycles. The maximum atomic E-state index is 12.2. The molecule has 0 spiro atoms. The molecule has 0 radical (unpaired) electrons. The van der Waals surface area contributed by atoms with Crippen LogP contribution in [-0.2, 0) is 4.79 Å². The van der Waals surface area contributed by atoms with E-state index in [1.807, 2.05) is 54.5 Å². The lowest BCUT2D eigenvalue weighted by molar-refractivity contribution is -0.123. The highest BCUT2D eigenvalue weighted by Crippen LogP contribution is 2.28. The Morgan fingerprint density at radius 1 is 1.10 bits per heavy atom. The number of carbonyl (C=O) groups is 2. The van der Waals surface area contributed by atoms with Crippen molar-refractivity contribution >= 4 is 28.2 Å². The van der Waals surface area contributed by atoms with Gasteiger partial charge in [-0.05, 0) is 39.3 Å². The van der Waals surface area contributed by atoms with E-state index in [-0.39, 0.29) is 17.4 Å². The molecule has 0 aliphatic carbocycles. The summed E-state index contributed by atoms with van der Waals surface area (Å²) in [6.07, 6.45) is 0. The third kappa shape index (κ3) is 4.63. The monoisotopic (exact) mass is 296 g/mol. The Kier molecular flexibility index (Phi) is 4.64. The minimum atomic E-state index is -0.453. The third-order valence-electron chi connectivity index (χ3n) is 2.53. The van der Waals surface area contributed by atoms with Crippen LogP contribution in [0, 0.1) is 12.3 Å². The number of rotatable bonds is 2. The summed E-state index contributed by atoms with van der Waals surface area (Å²) < 4.78 is 0. The first-order valence-corrected chi connectivity index (χ1v) is 7.46. The molecular formula is C15H24N2O2S. The Labute approximate surface area is 125 Å². The summed E-state index contributed by atoms with van der Waals surface area (Å²) in [5.74, 6) is -0.155. The van der Waals surface area contributed by atoms with Crippen molar-refractivity contribution in [2.24, 2.45) is 5.41 Å². The normalized spacial score (nSPS) is 12.2. The first-order chi connectivity index (χ1) is 8.90. The Morgan fingerprint density at radius 3 is 2.10 bits per heavy atom. The number of thiophene rings is 1. The molecule has 0 aliphatic heterocycles. The van der Waals surface area contributed by atoms with Crippen LogP contribution in [0.2, 0.25) is 0 Å². The molecule has 0 unspecified atom stereocenters. The van der Waals surface area contributed by atoms with Crippen molar-refractivity contribution in [2.75, 3.05) is 5.32 Å². The van der Waals surface area contributed by atoms with Crippen LogP contribution in [0.1, 0.15) is 56.8 Å². The van der Waals surface area contributed by atoms with Crippen LogP contribution >= 0.6 is 11.3 Å². The molecule has 0 aliphatic rings. The molecule has 4 nitrogen and oxygen atoms in total. The first kappa shape index (κ1) is 16.7. The summed E-state index contributed by atoms with van der Waals surface area (Å²) in [6.45, 7) is 13.3. The summed E-state index contributed by atoms with van der Waals surface area (Å²) in [6, 6.07) is 1.84. The third-order valence-corrected chi connectivity index (χ3v) is 3.68. The number of hydrogen-bond acceptors (Lipinski definition) is 3. The van der Waals surface area contributed by atoms with Crippen LogP contribution in [0.4, 0.5) is 5.00 Å². The zero-order chi connectivity index (χ0) is 15.7. The predicted molar refractivity (Wildman–Crippen MR) is 84.4 cm³/mol. The van der Waals surface area contributed by atoms with Gasteiger partial charge in [-0.2, -0.15) is 0 Å². The average molecular weight is 296 g/mol. The van der Waals surface area contributed by atoms with Gasteiger partial charge in [0.2, 0.25) is 5.91 Å². The number of amides is 2. The molecule has 20 heavy (non-hydrogen) atoms. The first-order valence-electron chi connectivity index (χ1n) is 6.64. The lowest BCUT2D eigenvalue weighted by Gasteiger charge is -2.20. The largest absolute Gasteiger partial charge is 0.347 e. The fourth-order valence-corrected chi connectivity index (χ4v) is 2.43. The summed E-state index contributed by atoms with van der Waals surface area (Å²) in [5.41, 5.74) is 0.148. The maximum Gasteiger partial charge on any atom is 0.262 e. The Morgan fingerprint density at radius 2 is 1.65 bits per heavy atom. The topological polar surface area (TPSA) is 58.2 Å². The number of aryl methyl sites for hydroxylation is 1. The van der Waals surface area contributed by atoms with Crippen molar-refractivity contribution in [1.29, 1.82) is 0 Å². The van der Waals surface area contributed by atoms with E-state index in [2.05, 4.69) is 10.6 Å². The van der Waals surface area contributed by atoms with Crippen LogP contribution in [-0.4, -0.2) is 17.4 Å². The molecule has 0 bridgehead atoms. The summed E-state index contributed by atoms with van der Waals surface area (Å²) in [5, 5.41) is 6.50. The highest BCUT2D eigenvalue weighted by Gasteiger charge is 2.24. The summed E-state index contributed by atoms with van der Waals surface area (Å²) in [7, 11) is 0. The fraction of sp³-hybridized carbons (Fsp3) is 0.600. The van der Waals surface area contributed by atoms with E-state index in [0.29, 0.717) is 9.88 Å². The van der Waals surface area contributed by atoms with Crippen LogP contribution in [0.25, 0.3) is 0 Å². The number of carbonyl (C=O) groups excluding carboxylic acids is 2. The van der Waals surface area contributed by atoms with Crippen LogP contribution in [0.5, 0.6) is 0 Å². The minimum absolute atomic E-state index is 0.0541. The molecule has 1 heterocycles. The van der Waals surface area contributed by atoms with Crippen LogP contribution in [0.15, 0.2) is 6.07 Å². The zero-order valence-corrected chi connectivity index (χ0v) is 14.1. The SMILES string of the molecule is Cc1cc(NC(=O)C(C)(C)C)sc1C(=O)NC(C)(C)C. The Balaban J connectivity index is 2.89. The van der Waals surface area contributed by atoms with Crippen molar-refractivity contribution in [3.63, 3.8) is 0 Å². The van der Waals surface area contributed by atoms with Gasteiger partial charge in [0.15, 0.2) is 0 Å². The van der Waals surface area contributed by atoms with Gasteiger partial charge < -0.3 is 10.6 Å². The molecule has 0 fully saturated rings. The molecule has 2 amide bonds. The van der Waals surface area contributed by atoms with Crippen molar-refractivity contribution < 1.29 is 9.59 Å². The van der Waals surface area contributed by atoms with Crippen LogP contribution in [0.3, 0.4) is 0 Å². The van der Waals surface area contributed by atoms with Gasteiger partial charge in [0, 0.05) is 11.0 Å². The average Bonchev–Trinajstić information content (AvgIpc) is 2.55. The van der Waals surface area contributed by atoms with Gasteiger partial charge in [0.25, 0.3) is 5.91 Å². The molecule has 1 aromatic heterocycles. The lowest BCUT2D eigenvalue weighted by atomic mass is 9.96. The molecular weight excluding hydrogens is 272 g/mol. The standard InChI is InChI=1S/C15H24N2O2S/c1-9-8-10(16-13(19)14(2,3)4)20-11(9)12(18)17-15(5,6)7/h8H,1-7H3,(H,16,19)(H,17,18). The van der Waals surface area contributed by atoms with Crippen LogP contribution < -0.4 is 10.6 Å². The fourth-order valence-electron chi connectivity index (χ4n) is 1.47. The lowest BCUT2D eigenvalue weighted by Crippen LogP contribution is -2.40. The molecule has 1 aromatic rings. The number of nitrogens with one attached hydrogen (secondary N) is 2. The second-order valence-electron chi connectivity index (χ2n) is 7.03. The molecule has 0 atom stereocenters. The van der Waals surface area contributed by atoms with E-state index in [9.17, 15) is 9.59 Å². The minimum Gasteiger partial charge on any atom is -0.347 e. The van der Waals surface area contributed by atoms with E-state index in [1.54, 1.807) is 0 Å². The summed E-state index contributed by atoms with van der Waals surface area (Å²) in [4.78, 5) is 24.8. The van der Waals surface area contributed by atoms with Crippen molar-refractivity contribution in [2.45, 2.75) is 54.0 Å². The Hall–Kier alpha value is -1.36. The van der Waals surface area contributed by atoms with Gasteiger partial charge in [0.1, 0.15) is 0 Å². The highest BCUT2D eigenvalue weighted by atomic mass is 32.1. The van der Waals surface area contributed by atoms with Gasteiger partial charge in [-0.25, -0.2) is 0 Å².